The molecule has 4 heterocycles. The van der Waals surface area contributed by atoms with Gasteiger partial charge in [-0.3, -0.25) is 9.58 Å². The maximum atomic E-state index is 9.75. The Hall–Kier alpha value is -1.25. The Balaban J connectivity index is 1.41. The third-order valence-electron chi connectivity index (χ3n) is 6.95. The lowest BCUT2D eigenvalue weighted by atomic mass is 9.79. The number of hydrogen-bond acceptors (Lipinski definition) is 6. The van der Waals surface area contributed by atoms with E-state index in [2.05, 4.69) is 36.1 Å². The molecule has 4 rings (SSSR count). The van der Waals surface area contributed by atoms with Crippen molar-refractivity contribution in [2.45, 2.75) is 71.2 Å². The number of thiophene rings is 1. The quantitative estimate of drug-likeness (QED) is 0.670. The molecule has 0 radical (unpaired) electrons. The summed E-state index contributed by atoms with van der Waals surface area (Å²) >= 11 is 1.99. The molecule has 6 nitrogen and oxygen atoms in total. The second-order valence-electron chi connectivity index (χ2n) is 9.72. The van der Waals surface area contributed by atoms with Crippen LogP contribution in [0.1, 0.15) is 54.5 Å². The number of piperidine rings is 1. The van der Waals surface area contributed by atoms with Crippen molar-refractivity contribution in [2.24, 2.45) is 5.41 Å². The predicted octanol–water partition coefficient (Wildman–Crippen LogP) is 3.60. The lowest BCUT2D eigenvalue weighted by molar-refractivity contribution is -0.112. The molecule has 1 unspecified atom stereocenters. The van der Waals surface area contributed by atoms with Crippen LogP contribution in [0.15, 0.2) is 18.5 Å². The molecule has 2 aromatic rings. The fraction of sp³-hybridized carbons (Fsp3) is 0.708. The summed E-state index contributed by atoms with van der Waals surface area (Å²) in [7, 11) is 1.67. The number of ether oxygens (including phenoxy) is 2. The van der Waals surface area contributed by atoms with E-state index in [0.29, 0.717) is 19.2 Å². The van der Waals surface area contributed by atoms with Gasteiger partial charge in [-0.15, -0.1) is 11.3 Å². The van der Waals surface area contributed by atoms with Gasteiger partial charge in [-0.25, -0.2) is 0 Å². The molecule has 2 aliphatic rings. The Labute approximate surface area is 190 Å². The smallest absolute Gasteiger partial charge is 0.0969 e. The van der Waals surface area contributed by atoms with Gasteiger partial charge in [-0.1, -0.05) is 13.8 Å². The number of methoxy groups -OCH3 is 1. The second kappa shape index (κ2) is 9.32. The Bertz CT molecular complexity index is 881. The van der Waals surface area contributed by atoms with Crippen LogP contribution in [0.25, 0.3) is 0 Å². The zero-order valence-electron chi connectivity index (χ0n) is 19.4. The highest BCUT2D eigenvalue weighted by molar-refractivity contribution is 7.12. The Morgan fingerprint density at radius 3 is 3.00 bits per heavy atom. The Kier molecular flexibility index (Phi) is 6.89. The van der Waals surface area contributed by atoms with Crippen molar-refractivity contribution in [1.29, 1.82) is 0 Å². The van der Waals surface area contributed by atoms with E-state index in [4.69, 9.17) is 9.47 Å². The van der Waals surface area contributed by atoms with E-state index in [1.807, 2.05) is 29.1 Å². The van der Waals surface area contributed by atoms with E-state index in [-0.39, 0.29) is 17.6 Å². The van der Waals surface area contributed by atoms with Gasteiger partial charge in [0.05, 0.1) is 38.2 Å². The zero-order valence-corrected chi connectivity index (χ0v) is 20.2. The van der Waals surface area contributed by atoms with Crippen LogP contribution in [-0.4, -0.2) is 59.3 Å². The molecular formula is C24H37N3O3S. The van der Waals surface area contributed by atoms with E-state index in [1.54, 1.807) is 12.0 Å². The van der Waals surface area contributed by atoms with Gasteiger partial charge in [-0.2, -0.15) is 5.10 Å². The summed E-state index contributed by atoms with van der Waals surface area (Å²) in [6, 6.07) is 2.87. The highest BCUT2D eigenvalue weighted by Gasteiger charge is 2.44. The van der Waals surface area contributed by atoms with Gasteiger partial charge < -0.3 is 14.6 Å². The molecule has 0 aromatic carbocycles. The zero-order chi connectivity index (χ0) is 22.1. The highest BCUT2D eigenvalue weighted by Crippen LogP contribution is 2.46. The molecule has 0 aliphatic carbocycles. The van der Waals surface area contributed by atoms with Crippen molar-refractivity contribution < 1.29 is 14.6 Å². The van der Waals surface area contributed by atoms with E-state index >= 15 is 0 Å². The van der Waals surface area contributed by atoms with Crippen molar-refractivity contribution in [2.75, 3.05) is 33.5 Å². The summed E-state index contributed by atoms with van der Waals surface area (Å²) in [6.07, 6.45) is 8.35. The van der Waals surface area contributed by atoms with Crippen molar-refractivity contribution in [3.05, 3.63) is 39.3 Å². The minimum Gasteiger partial charge on any atom is -0.396 e. The number of aryl methyl sites for hydroxylation is 1. The molecule has 2 aliphatic heterocycles. The molecule has 1 saturated heterocycles. The number of aromatic nitrogens is 2. The first-order chi connectivity index (χ1) is 14.9. The van der Waals surface area contributed by atoms with Crippen molar-refractivity contribution >= 4 is 11.3 Å². The third-order valence-corrected chi connectivity index (χ3v) is 8.29. The SMILES string of the molecule is CCc1cc2c(s1)CCO[C@@]21CCN(Cc2cnn(CC(C)(CO)COC)c2)[C@@H](C)C1. The largest absolute Gasteiger partial charge is 0.396 e. The molecule has 1 spiro atoms. The fourth-order valence-electron chi connectivity index (χ4n) is 5.20. The summed E-state index contributed by atoms with van der Waals surface area (Å²) in [5, 5.41) is 14.3. The van der Waals surface area contributed by atoms with Crippen molar-refractivity contribution in [3.8, 4) is 0 Å². The Morgan fingerprint density at radius 2 is 2.29 bits per heavy atom. The minimum absolute atomic E-state index is 0.0750. The standard InChI is InChI=1S/C24H37N3O3S/c1-5-20-10-21-22(31-20)6-9-30-24(21)7-8-26(18(2)11-24)13-19-12-25-27(14-19)15-23(3,16-28)17-29-4/h10,12,14,18,28H,5-9,11,13,15-17H2,1-4H3/t18-,23?,24+/m0/s1. The number of fused-ring (bicyclic) bond motifs is 2. The molecule has 7 heteroatoms. The highest BCUT2D eigenvalue weighted by atomic mass is 32.1. The van der Waals surface area contributed by atoms with E-state index < -0.39 is 0 Å². The van der Waals surface area contributed by atoms with E-state index in [9.17, 15) is 5.11 Å². The first kappa shape index (κ1) is 22.9. The van der Waals surface area contributed by atoms with E-state index in [0.717, 1.165) is 45.4 Å². The van der Waals surface area contributed by atoms with Crippen LogP contribution < -0.4 is 0 Å². The second-order valence-corrected chi connectivity index (χ2v) is 10.9. The summed E-state index contributed by atoms with van der Waals surface area (Å²) in [4.78, 5) is 5.59. The lowest BCUT2D eigenvalue weighted by Gasteiger charge is -2.47. The van der Waals surface area contributed by atoms with Crippen LogP contribution in [0.5, 0.6) is 0 Å². The lowest BCUT2D eigenvalue weighted by Crippen LogP contribution is -2.50. The van der Waals surface area contributed by atoms with Crippen LogP contribution in [-0.2, 0) is 41.0 Å². The Morgan fingerprint density at radius 1 is 1.45 bits per heavy atom. The van der Waals surface area contributed by atoms with Crippen molar-refractivity contribution in [1.82, 2.24) is 14.7 Å². The fourth-order valence-corrected chi connectivity index (χ4v) is 6.38. The predicted molar refractivity (Wildman–Crippen MR) is 123 cm³/mol. The van der Waals surface area contributed by atoms with Gasteiger partial charge in [0.15, 0.2) is 0 Å². The van der Waals surface area contributed by atoms with Crippen LogP contribution in [0.2, 0.25) is 0 Å². The summed E-state index contributed by atoms with van der Waals surface area (Å²) in [5.74, 6) is 0. The average Bonchev–Trinajstić information content (AvgIpc) is 3.38. The monoisotopic (exact) mass is 447 g/mol. The normalized spacial score (nSPS) is 26.2. The summed E-state index contributed by atoms with van der Waals surface area (Å²) < 4.78 is 13.7. The average molecular weight is 448 g/mol. The molecule has 2 aromatic heterocycles. The van der Waals surface area contributed by atoms with Crippen LogP contribution in [0, 0.1) is 5.41 Å². The molecule has 1 N–H and O–H groups in total. The van der Waals surface area contributed by atoms with Crippen molar-refractivity contribution in [3.63, 3.8) is 0 Å². The topological polar surface area (TPSA) is 59.8 Å². The minimum atomic E-state index is -0.323. The molecule has 31 heavy (non-hydrogen) atoms. The van der Waals surface area contributed by atoms with Gasteiger partial charge >= 0.3 is 0 Å². The number of aliphatic hydroxyl groups excluding tert-OH is 1. The van der Waals surface area contributed by atoms with E-state index in [1.165, 1.54) is 16.0 Å². The van der Waals surface area contributed by atoms with Crippen LogP contribution in [0.3, 0.4) is 0 Å². The maximum absolute atomic E-state index is 9.75. The van der Waals surface area contributed by atoms with Gasteiger partial charge in [0.25, 0.3) is 0 Å². The molecule has 1 fully saturated rings. The third kappa shape index (κ3) is 4.76. The van der Waals surface area contributed by atoms with Gasteiger partial charge in [0.2, 0.25) is 0 Å². The molecular weight excluding hydrogens is 410 g/mol. The summed E-state index contributed by atoms with van der Waals surface area (Å²) in [5.41, 5.74) is 2.27. The van der Waals surface area contributed by atoms with Gasteiger partial charge in [0.1, 0.15) is 0 Å². The molecule has 3 atom stereocenters. The molecule has 0 bridgehead atoms. The van der Waals surface area contributed by atoms with Gasteiger partial charge in [-0.05, 0) is 37.8 Å². The molecule has 0 saturated carbocycles. The van der Waals surface area contributed by atoms with Crippen LogP contribution >= 0.6 is 11.3 Å². The first-order valence-corrected chi connectivity index (χ1v) is 12.3. The number of rotatable bonds is 8. The number of aliphatic hydroxyl groups is 1. The number of likely N-dealkylation sites (tertiary alicyclic amines) is 1. The maximum Gasteiger partial charge on any atom is 0.0969 e. The first-order valence-electron chi connectivity index (χ1n) is 11.5. The number of nitrogens with zero attached hydrogens (tertiary/aromatic N) is 3. The number of hydrogen-bond donors (Lipinski definition) is 1. The van der Waals surface area contributed by atoms with Crippen LogP contribution in [0.4, 0.5) is 0 Å². The molecule has 0 amide bonds. The van der Waals surface area contributed by atoms with Gasteiger partial charge in [0, 0.05) is 59.6 Å². The summed E-state index contributed by atoms with van der Waals surface area (Å²) in [6.45, 7) is 10.6. The molecule has 172 valence electrons.